The Balaban J connectivity index is 1.74. The summed E-state index contributed by atoms with van der Waals surface area (Å²) in [4.78, 5) is 13.2. The number of methoxy groups -OCH3 is 1. The van der Waals surface area contributed by atoms with E-state index in [1.54, 1.807) is 12.0 Å². The van der Waals surface area contributed by atoms with Crippen LogP contribution in [0.4, 0.5) is 0 Å². The Morgan fingerprint density at radius 3 is 2.73 bits per heavy atom. The smallest absolute Gasteiger partial charge is 0.224 e. The number of aryl methyl sites for hydroxylation is 1. The van der Waals surface area contributed by atoms with Gasteiger partial charge in [0.05, 0.1) is 7.11 Å². The number of amides is 1. The van der Waals surface area contributed by atoms with E-state index < -0.39 is 6.23 Å². The number of benzene rings is 1. The number of hydrogen-bond donors (Lipinski definition) is 1. The maximum absolute atomic E-state index is 11.6. The van der Waals surface area contributed by atoms with E-state index in [4.69, 9.17) is 4.74 Å². The fourth-order valence-corrected chi connectivity index (χ4v) is 2.67. The number of carbonyl (C=O) groups is 1. The number of carbonyl (C=O) groups excluding carboxylic acids is 1. The predicted octanol–water partition coefficient (Wildman–Crippen LogP) is 2.91. The average molecular weight is 303 g/mol. The topological polar surface area (TPSA) is 49.8 Å². The van der Waals surface area contributed by atoms with Crippen LogP contribution in [0.1, 0.15) is 38.2 Å². The number of aliphatic hydroxyl groups excluding tert-OH is 1. The van der Waals surface area contributed by atoms with Crippen molar-refractivity contribution in [3.63, 3.8) is 0 Å². The molecule has 0 aliphatic carbocycles. The highest BCUT2D eigenvalue weighted by Gasteiger charge is 2.28. The molecule has 4 heteroatoms. The summed E-state index contributed by atoms with van der Waals surface area (Å²) in [6.07, 6.45) is 5.48. The summed E-state index contributed by atoms with van der Waals surface area (Å²) in [5.74, 6) is 0.947. The summed E-state index contributed by atoms with van der Waals surface area (Å²) < 4.78 is 5.15. The van der Waals surface area contributed by atoms with E-state index in [-0.39, 0.29) is 5.91 Å². The van der Waals surface area contributed by atoms with Crippen LogP contribution in [-0.2, 0) is 11.2 Å². The molecule has 2 rings (SSSR count). The minimum Gasteiger partial charge on any atom is -0.497 e. The molecule has 22 heavy (non-hydrogen) atoms. The van der Waals surface area contributed by atoms with Crippen LogP contribution in [0, 0.1) is 0 Å². The molecule has 1 aromatic carbocycles. The third kappa shape index (κ3) is 4.60. The first-order chi connectivity index (χ1) is 10.6. The molecule has 1 unspecified atom stereocenters. The fraction of sp³-hybridized carbons (Fsp3) is 0.500. The Labute approximate surface area is 132 Å². The van der Waals surface area contributed by atoms with Gasteiger partial charge in [0.1, 0.15) is 12.0 Å². The molecule has 120 valence electrons. The summed E-state index contributed by atoms with van der Waals surface area (Å²) in [7, 11) is 1.67. The van der Waals surface area contributed by atoms with Gasteiger partial charge >= 0.3 is 0 Å². The fourth-order valence-electron chi connectivity index (χ4n) is 2.67. The number of hydrogen-bond acceptors (Lipinski definition) is 3. The number of likely N-dealkylation sites (tertiary alicyclic amines) is 1. The van der Waals surface area contributed by atoms with Gasteiger partial charge < -0.3 is 14.7 Å². The Bertz CT molecular complexity index is 522. The average Bonchev–Trinajstić information content (AvgIpc) is 2.84. The number of aliphatic hydroxyl groups is 1. The third-order valence-electron chi connectivity index (χ3n) is 4.13. The van der Waals surface area contributed by atoms with Crippen molar-refractivity contribution in [2.45, 2.75) is 45.3 Å². The Hall–Kier alpha value is -1.81. The molecule has 0 saturated carbocycles. The maximum atomic E-state index is 11.6. The number of rotatable bonds is 7. The van der Waals surface area contributed by atoms with E-state index in [1.165, 1.54) is 11.1 Å². The molecule has 1 aliphatic heterocycles. The zero-order valence-corrected chi connectivity index (χ0v) is 13.4. The summed E-state index contributed by atoms with van der Waals surface area (Å²) in [6, 6.07) is 8.13. The van der Waals surface area contributed by atoms with Crippen molar-refractivity contribution >= 4 is 5.91 Å². The largest absolute Gasteiger partial charge is 0.497 e. The van der Waals surface area contributed by atoms with Crippen LogP contribution in [-0.4, -0.2) is 35.8 Å². The molecule has 1 heterocycles. The lowest BCUT2D eigenvalue weighted by molar-refractivity contribution is -0.133. The molecular formula is C18H25NO3. The van der Waals surface area contributed by atoms with Gasteiger partial charge in [-0.05, 0) is 43.9 Å². The quantitative estimate of drug-likeness (QED) is 0.788. The highest BCUT2D eigenvalue weighted by atomic mass is 16.5. The van der Waals surface area contributed by atoms with E-state index in [2.05, 4.69) is 25.1 Å². The van der Waals surface area contributed by atoms with Gasteiger partial charge in [-0.15, -0.1) is 0 Å². The monoisotopic (exact) mass is 303 g/mol. The molecule has 0 spiro atoms. The third-order valence-corrected chi connectivity index (χ3v) is 4.13. The zero-order valence-electron chi connectivity index (χ0n) is 13.4. The van der Waals surface area contributed by atoms with Crippen molar-refractivity contribution in [1.29, 1.82) is 0 Å². The second kappa shape index (κ2) is 7.99. The minimum atomic E-state index is -0.584. The first-order valence-corrected chi connectivity index (χ1v) is 7.86. The van der Waals surface area contributed by atoms with Crippen LogP contribution in [0.2, 0.25) is 0 Å². The molecule has 1 amide bonds. The highest BCUT2D eigenvalue weighted by molar-refractivity contribution is 5.78. The van der Waals surface area contributed by atoms with Crippen molar-refractivity contribution in [2.75, 3.05) is 13.7 Å². The van der Waals surface area contributed by atoms with Gasteiger partial charge in [-0.25, -0.2) is 0 Å². The van der Waals surface area contributed by atoms with E-state index in [9.17, 15) is 9.90 Å². The van der Waals surface area contributed by atoms with E-state index in [0.717, 1.165) is 25.0 Å². The lowest BCUT2D eigenvalue weighted by Crippen LogP contribution is -2.33. The molecule has 1 atom stereocenters. The molecule has 1 aliphatic rings. The predicted molar refractivity (Wildman–Crippen MR) is 86.6 cm³/mol. The van der Waals surface area contributed by atoms with Crippen molar-refractivity contribution in [3.8, 4) is 5.75 Å². The van der Waals surface area contributed by atoms with Gasteiger partial charge in [0.15, 0.2) is 0 Å². The normalized spacial score (nSPS) is 18.9. The summed E-state index contributed by atoms with van der Waals surface area (Å²) in [5, 5.41) is 9.72. The van der Waals surface area contributed by atoms with Crippen molar-refractivity contribution in [2.24, 2.45) is 0 Å². The van der Waals surface area contributed by atoms with Gasteiger partial charge in [0.2, 0.25) is 5.91 Å². The SMILES string of the molecule is COc1ccc(CCC=C(C)CCN2C(=O)CCC2O)cc1. The summed E-state index contributed by atoms with van der Waals surface area (Å²) in [5.41, 5.74) is 2.55. The molecule has 1 fully saturated rings. The molecule has 0 aromatic heterocycles. The Morgan fingerprint density at radius 2 is 2.14 bits per heavy atom. The van der Waals surface area contributed by atoms with Crippen LogP contribution in [0.3, 0.4) is 0 Å². The maximum Gasteiger partial charge on any atom is 0.224 e. The van der Waals surface area contributed by atoms with Gasteiger partial charge in [0.25, 0.3) is 0 Å². The van der Waals surface area contributed by atoms with Crippen LogP contribution < -0.4 is 4.74 Å². The molecule has 1 aromatic rings. The standard InChI is InChI=1S/C18H25NO3/c1-14(12-13-19-17(20)10-11-18(19)21)4-3-5-15-6-8-16(22-2)9-7-15/h4,6-9,17,20H,3,5,10-13H2,1-2H3. The Morgan fingerprint density at radius 1 is 1.41 bits per heavy atom. The highest BCUT2D eigenvalue weighted by Crippen LogP contribution is 2.18. The molecule has 4 nitrogen and oxygen atoms in total. The lowest BCUT2D eigenvalue weighted by Gasteiger charge is -2.20. The summed E-state index contributed by atoms with van der Waals surface area (Å²) in [6.45, 7) is 2.70. The first kappa shape index (κ1) is 16.6. The zero-order chi connectivity index (χ0) is 15.9. The van der Waals surface area contributed by atoms with Crippen LogP contribution in [0.5, 0.6) is 5.75 Å². The van der Waals surface area contributed by atoms with Gasteiger partial charge in [-0.1, -0.05) is 23.8 Å². The molecule has 0 radical (unpaired) electrons. The molecule has 1 N–H and O–H groups in total. The van der Waals surface area contributed by atoms with E-state index in [1.807, 2.05) is 12.1 Å². The minimum absolute atomic E-state index is 0.0681. The van der Waals surface area contributed by atoms with Gasteiger partial charge in [-0.2, -0.15) is 0 Å². The van der Waals surface area contributed by atoms with Crippen LogP contribution in [0.15, 0.2) is 35.9 Å². The van der Waals surface area contributed by atoms with Gasteiger partial charge in [-0.3, -0.25) is 4.79 Å². The number of ether oxygens (including phenoxy) is 1. The van der Waals surface area contributed by atoms with Crippen LogP contribution in [0.25, 0.3) is 0 Å². The second-order valence-corrected chi connectivity index (χ2v) is 5.79. The van der Waals surface area contributed by atoms with E-state index in [0.29, 0.717) is 19.4 Å². The second-order valence-electron chi connectivity index (χ2n) is 5.79. The van der Waals surface area contributed by atoms with E-state index >= 15 is 0 Å². The van der Waals surface area contributed by atoms with Crippen LogP contribution >= 0.6 is 0 Å². The lowest BCUT2D eigenvalue weighted by atomic mass is 10.1. The van der Waals surface area contributed by atoms with Crippen molar-refractivity contribution in [1.82, 2.24) is 4.90 Å². The van der Waals surface area contributed by atoms with Gasteiger partial charge in [0, 0.05) is 19.4 Å². The van der Waals surface area contributed by atoms with Crippen molar-refractivity contribution < 1.29 is 14.6 Å². The molecular weight excluding hydrogens is 278 g/mol. The first-order valence-electron chi connectivity index (χ1n) is 7.86. The Kier molecular flexibility index (Phi) is 6.01. The molecule has 0 bridgehead atoms. The number of allylic oxidation sites excluding steroid dienone is 1. The molecule has 1 saturated heterocycles. The number of nitrogens with zero attached hydrogens (tertiary/aromatic N) is 1. The summed E-state index contributed by atoms with van der Waals surface area (Å²) >= 11 is 0. The van der Waals surface area contributed by atoms with Crippen molar-refractivity contribution in [3.05, 3.63) is 41.5 Å².